The summed E-state index contributed by atoms with van der Waals surface area (Å²) in [7, 11) is 2.27. The molecule has 0 N–H and O–H groups in total. The molecule has 4 nitrogen and oxygen atoms in total. The average molecular weight is 344 g/mol. The zero-order valence-corrected chi connectivity index (χ0v) is 12.2. The Morgan fingerprint density at radius 3 is 2.94 bits per heavy atom. The summed E-state index contributed by atoms with van der Waals surface area (Å²) >= 11 is 2.33. The van der Waals surface area contributed by atoms with Gasteiger partial charge in [0.2, 0.25) is 0 Å². The number of halogens is 1. The van der Waals surface area contributed by atoms with Crippen LogP contribution in [0.3, 0.4) is 0 Å². The minimum absolute atomic E-state index is 0.702. The monoisotopic (exact) mass is 344 g/mol. The molecule has 3 heterocycles. The molecule has 0 aliphatic carbocycles. The Balaban J connectivity index is 1.84. The van der Waals surface area contributed by atoms with Crippen molar-refractivity contribution in [3.05, 3.63) is 16.1 Å². The second kappa shape index (κ2) is 4.68. The lowest BCUT2D eigenvalue weighted by atomic mass is 10.1. The van der Waals surface area contributed by atoms with Gasteiger partial charge in [-0.25, -0.2) is 9.97 Å². The van der Waals surface area contributed by atoms with E-state index in [2.05, 4.69) is 49.4 Å². The van der Waals surface area contributed by atoms with Crippen molar-refractivity contribution < 1.29 is 0 Å². The molecule has 5 heteroatoms. The van der Waals surface area contributed by atoms with Crippen LogP contribution < -0.4 is 4.90 Å². The van der Waals surface area contributed by atoms with Crippen molar-refractivity contribution in [2.75, 3.05) is 25.0 Å². The third-order valence-corrected chi connectivity index (χ3v) is 4.86. The number of hydrogen-bond donors (Lipinski definition) is 0. The molecule has 2 atom stereocenters. The average Bonchev–Trinajstić information content (AvgIpc) is 2.55. The highest BCUT2D eigenvalue weighted by Gasteiger charge is 2.35. The predicted molar refractivity (Wildman–Crippen MR) is 76.2 cm³/mol. The molecule has 0 spiro atoms. The van der Waals surface area contributed by atoms with E-state index in [1.54, 1.807) is 6.33 Å². The molecule has 0 aromatic carbocycles. The van der Waals surface area contributed by atoms with E-state index in [0.29, 0.717) is 6.04 Å². The quantitative estimate of drug-likeness (QED) is 0.727. The van der Waals surface area contributed by atoms with Gasteiger partial charge in [-0.3, -0.25) is 4.90 Å². The van der Waals surface area contributed by atoms with E-state index in [-0.39, 0.29) is 0 Å². The lowest BCUT2D eigenvalue weighted by Crippen LogP contribution is -2.37. The number of fused-ring (bicyclic) bond motifs is 2. The predicted octanol–water partition coefficient (Wildman–Crippen LogP) is 1.75. The van der Waals surface area contributed by atoms with Gasteiger partial charge in [0.25, 0.3) is 0 Å². The first-order chi connectivity index (χ1) is 8.25. The molecule has 1 aromatic rings. The van der Waals surface area contributed by atoms with Crippen molar-refractivity contribution in [1.82, 2.24) is 14.9 Å². The summed E-state index contributed by atoms with van der Waals surface area (Å²) in [6, 6.07) is 1.48. The zero-order chi connectivity index (χ0) is 11.8. The normalized spacial score (nSPS) is 29.4. The van der Waals surface area contributed by atoms with Crippen molar-refractivity contribution in [3.63, 3.8) is 0 Å². The molecule has 3 rings (SSSR count). The Morgan fingerprint density at radius 1 is 1.29 bits per heavy atom. The number of aromatic nitrogens is 2. The van der Waals surface area contributed by atoms with E-state index in [4.69, 9.17) is 0 Å². The minimum Gasteiger partial charge on any atom is -0.354 e. The van der Waals surface area contributed by atoms with Gasteiger partial charge in [0.1, 0.15) is 12.1 Å². The summed E-state index contributed by atoms with van der Waals surface area (Å²) < 4.78 is 1.16. The largest absolute Gasteiger partial charge is 0.354 e. The molecule has 92 valence electrons. The molecule has 2 saturated heterocycles. The summed E-state index contributed by atoms with van der Waals surface area (Å²) in [5, 5.41) is 0. The Kier molecular flexibility index (Phi) is 3.21. The van der Waals surface area contributed by atoms with Crippen LogP contribution >= 0.6 is 22.6 Å². The first-order valence-corrected chi connectivity index (χ1v) is 7.26. The molecular weight excluding hydrogens is 327 g/mol. The van der Waals surface area contributed by atoms with Crippen LogP contribution in [-0.4, -0.2) is 47.1 Å². The van der Waals surface area contributed by atoms with Gasteiger partial charge in [-0.2, -0.15) is 0 Å². The summed E-state index contributed by atoms with van der Waals surface area (Å²) in [6.07, 6.45) is 7.52. The van der Waals surface area contributed by atoms with Crippen molar-refractivity contribution in [2.24, 2.45) is 0 Å². The summed E-state index contributed by atoms with van der Waals surface area (Å²) in [6.45, 7) is 2.23. The van der Waals surface area contributed by atoms with Crippen LogP contribution in [0.1, 0.15) is 19.3 Å². The van der Waals surface area contributed by atoms with Crippen LogP contribution in [0.25, 0.3) is 0 Å². The lowest BCUT2D eigenvalue weighted by molar-refractivity contribution is 0.254. The van der Waals surface area contributed by atoms with Gasteiger partial charge in [-0.1, -0.05) is 0 Å². The van der Waals surface area contributed by atoms with Gasteiger partial charge in [0.15, 0.2) is 0 Å². The maximum atomic E-state index is 4.44. The molecule has 17 heavy (non-hydrogen) atoms. The summed E-state index contributed by atoms with van der Waals surface area (Å²) in [5.74, 6) is 1.11. The van der Waals surface area contributed by atoms with Gasteiger partial charge >= 0.3 is 0 Å². The number of anilines is 1. The van der Waals surface area contributed by atoms with E-state index < -0.39 is 0 Å². The van der Waals surface area contributed by atoms with E-state index in [1.165, 1.54) is 19.3 Å². The summed E-state index contributed by atoms with van der Waals surface area (Å²) in [5.41, 5.74) is 0. The van der Waals surface area contributed by atoms with Gasteiger partial charge in [0, 0.05) is 31.4 Å². The molecule has 0 radical (unpaired) electrons. The number of nitrogens with zero attached hydrogens (tertiary/aromatic N) is 4. The van der Waals surface area contributed by atoms with E-state index in [9.17, 15) is 0 Å². The maximum absolute atomic E-state index is 4.44. The third-order valence-electron chi connectivity index (χ3n) is 4.10. The van der Waals surface area contributed by atoms with E-state index in [0.717, 1.165) is 28.5 Å². The second-order valence-electron chi connectivity index (χ2n) is 4.98. The van der Waals surface area contributed by atoms with Gasteiger partial charge in [0.05, 0.1) is 3.57 Å². The number of likely N-dealkylation sites (N-methyl/N-ethyl adjacent to an activating group) is 1. The van der Waals surface area contributed by atoms with Crippen LogP contribution in [0.5, 0.6) is 0 Å². The van der Waals surface area contributed by atoms with Gasteiger partial charge in [-0.05, 0) is 48.9 Å². The number of hydrogen-bond acceptors (Lipinski definition) is 4. The molecule has 2 fully saturated rings. The molecule has 2 bridgehead atoms. The first-order valence-electron chi connectivity index (χ1n) is 6.18. The van der Waals surface area contributed by atoms with Crippen molar-refractivity contribution in [3.8, 4) is 0 Å². The minimum atomic E-state index is 0.702. The Hall–Kier alpha value is -0.430. The third kappa shape index (κ3) is 2.14. The van der Waals surface area contributed by atoms with Crippen LogP contribution in [0.2, 0.25) is 0 Å². The van der Waals surface area contributed by atoms with Crippen LogP contribution in [0, 0.1) is 3.57 Å². The Labute approximate surface area is 116 Å². The highest BCUT2D eigenvalue weighted by molar-refractivity contribution is 14.1. The molecule has 2 aliphatic rings. The summed E-state index contributed by atoms with van der Waals surface area (Å²) in [4.78, 5) is 13.5. The molecule has 1 aromatic heterocycles. The van der Waals surface area contributed by atoms with Crippen molar-refractivity contribution in [2.45, 2.75) is 31.3 Å². The Morgan fingerprint density at radius 2 is 2.12 bits per heavy atom. The van der Waals surface area contributed by atoms with Crippen LogP contribution in [-0.2, 0) is 0 Å². The highest BCUT2D eigenvalue weighted by Crippen LogP contribution is 2.31. The van der Waals surface area contributed by atoms with E-state index >= 15 is 0 Å². The fourth-order valence-electron chi connectivity index (χ4n) is 3.04. The molecule has 2 aliphatic heterocycles. The molecule has 0 saturated carbocycles. The highest BCUT2D eigenvalue weighted by atomic mass is 127. The van der Waals surface area contributed by atoms with Crippen molar-refractivity contribution >= 4 is 28.4 Å². The maximum Gasteiger partial charge on any atom is 0.145 e. The van der Waals surface area contributed by atoms with Gasteiger partial charge in [-0.15, -0.1) is 0 Å². The SMILES string of the molecule is CN1C2CCC1CN(c1ncncc1I)CC2. The van der Waals surface area contributed by atoms with Crippen molar-refractivity contribution in [1.29, 1.82) is 0 Å². The molecule has 2 unspecified atom stereocenters. The topological polar surface area (TPSA) is 32.3 Å². The number of rotatable bonds is 1. The smallest absolute Gasteiger partial charge is 0.145 e. The van der Waals surface area contributed by atoms with Crippen LogP contribution in [0.15, 0.2) is 12.5 Å². The first kappa shape index (κ1) is 11.6. The fourth-order valence-corrected chi connectivity index (χ4v) is 3.68. The zero-order valence-electron chi connectivity index (χ0n) is 10.0. The standard InChI is InChI=1S/C12H17IN4/c1-16-9-2-3-10(16)7-17(5-4-9)12-11(13)6-14-8-15-12/h6,8-10H,2-5,7H2,1H3. The molecular formula is C12H17IN4. The van der Waals surface area contributed by atoms with Gasteiger partial charge < -0.3 is 4.90 Å². The second-order valence-corrected chi connectivity index (χ2v) is 6.14. The fraction of sp³-hybridized carbons (Fsp3) is 0.667. The van der Waals surface area contributed by atoms with E-state index in [1.807, 2.05) is 6.20 Å². The lowest BCUT2D eigenvalue weighted by Gasteiger charge is -2.27. The molecule has 0 amide bonds. The van der Waals surface area contributed by atoms with Crippen LogP contribution in [0.4, 0.5) is 5.82 Å². The Bertz CT molecular complexity index is 411.